The van der Waals surface area contributed by atoms with Gasteiger partial charge < -0.3 is 14.4 Å². The number of benzene rings is 2. The zero-order valence-electron chi connectivity index (χ0n) is 19.7. The van der Waals surface area contributed by atoms with Crippen molar-refractivity contribution in [2.75, 3.05) is 47.4 Å². The van der Waals surface area contributed by atoms with Gasteiger partial charge >= 0.3 is 0 Å². The van der Waals surface area contributed by atoms with Gasteiger partial charge in [0, 0.05) is 46.3 Å². The van der Waals surface area contributed by atoms with Crippen LogP contribution in [0.15, 0.2) is 36.4 Å². The molecule has 0 radical (unpaired) electrons. The highest BCUT2D eigenvalue weighted by atomic mass is 19.1. The molecule has 3 rings (SSSR count). The lowest BCUT2D eigenvalue weighted by atomic mass is 10.1. The number of rotatable bonds is 8. The van der Waals surface area contributed by atoms with Crippen LogP contribution in [0.1, 0.15) is 23.6 Å². The van der Waals surface area contributed by atoms with Crippen molar-refractivity contribution >= 4 is 5.91 Å². The Balaban J connectivity index is 1.54. The van der Waals surface area contributed by atoms with Gasteiger partial charge in [0.15, 0.2) is 11.5 Å². The van der Waals surface area contributed by atoms with E-state index < -0.39 is 0 Å². The highest BCUT2D eigenvalue weighted by Gasteiger charge is 2.28. The Morgan fingerprint density at radius 1 is 1.09 bits per heavy atom. The lowest BCUT2D eigenvalue weighted by Gasteiger charge is -2.38. The number of carbonyl (C=O) groups is 1. The van der Waals surface area contributed by atoms with Crippen LogP contribution in [0.4, 0.5) is 4.39 Å². The molecule has 1 saturated heterocycles. The third kappa shape index (κ3) is 5.78. The highest BCUT2D eigenvalue weighted by molar-refractivity contribution is 5.81. The van der Waals surface area contributed by atoms with E-state index >= 15 is 0 Å². The summed E-state index contributed by atoms with van der Waals surface area (Å²) in [5.74, 6) is 1.26. The summed E-state index contributed by atoms with van der Waals surface area (Å²) in [5, 5.41) is 0. The van der Waals surface area contributed by atoms with Crippen molar-refractivity contribution in [2.45, 2.75) is 33.0 Å². The molecule has 1 fully saturated rings. The topological polar surface area (TPSA) is 45.2 Å². The minimum Gasteiger partial charge on any atom is -0.493 e. The van der Waals surface area contributed by atoms with E-state index in [9.17, 15) is 9.18 Å². The average Bonchev–Trinajstić information content (AvgIpc) is 2.79. The number of methoxy groups -OCH3 is 2. The fraction of sp³-hybridized carbons (Fsp3) is 0.480. The molecular formula is C25H34FN3O3. The second kappa shape index (κ2) is 10.8. The Kier molecular flexibility index (Phi) is 8.10. The molecule has 0 saturated carbocycles. The Hall–Kier alpha value is -2.64. The summed E-state index contributed by atoms with van der Waals surface area (Å²) in [7, 11) is 5.08. The summed E-state index contributed by atoms with van der Waals surface area (Å²) < 4.78 is 24.3. The number of aryl methyl sites for hydroxylation is 1. The van der Waals surface area contributed by atoms with Crippen molar-refractivity contribution in [2.24, 2.45) is 0 Å². The minimum atomic E-state index is -0.280. The van der Waals surface area contributed by atoms with Crippen LogP contribution >= 0.6 is 0 Å². The minimum absolute atomic E-state index is 0.0541. The van der Waals surface area contributed by atoms with E-state index in [2.05, 4.69) is 16.7 Å². The Labute approximate surface area is 190 Å². The summed E-state index contributed by atoms with van der Waals surface area (Å²) >= 11 is 0. The zero-order valence-corrected chi connectivity index (χ0v) is 19.7. The average molecular weight is 444 g/mol. The molecule has 1 aliphatic rings. The summed E-state index contributed by atoms with van der Waals surface area (Å²) in [6, 6.07) is 10.3. The molecule has 1 amide bonds. The van der Waals surface area contributed by atoms with Crippen molar-refractivity contribution in [3.05, 3.63) is 58.9 Å². The molecule has 7 heteroatoms. The molecule has 0 bridgehead atoms. The quantitative estimate of drug-likeness (QED) is 0.626. The maximum absolute atomic E-state index is 13.4. The van der Waals surface area contributed by atoms with Crippen molar-refractivity contribution in [1.29, 1.82) is 0 Å². The first-order valence-corrected chi connectivity index (χ1v) is 11.0. The largest absolute Gasteiger partial charge is 0.493 e. The van der Waals surface area contributed by atoms with E-state index in [1.165, 1.54) is 23.3 Å². The van der Waals surface area contributed by atoms with Crippen molar-refractivity contribution < 1.29 is 18.7 Å². The third-order valence-corrected chi connectivity index (χ3v) is 6.23. The van der Waals surface area contributed by atoms with Crippen LogP contribution in [0.3, 0.4) is 0 Å². The van der Waals surface area contributed by atoms with Gasteiger partial charge in [0.1, 0.15) is 5.82 Å². The maximum atomic E-state index is 13.4. The first-order chi connectivity index (χ1) is 15.3. The van der Waals surface area contributed by atoms with Gasteiger partial charge in [0.05, 0.1) is 20.3 Å². The first kappa shape index (κ1) is 24.0. The summed E-state index contributed by atoms with van der Waals surface area (Å²) in [4.78, 5) is 19.2. The zero-order chi connectivity index (χ0) is 23.3. The van der Waals surface area contributed by atoms with E-state index in [1.807, 2.05) is 25.1 Å². The molecule has 0 aliphatic carbocycles. The Morgan fingerprint density at radius 3 is 2.38 bits per heavy atom. The predicted molar refractivity (Wildman–Crippen MR) is 123 cm³/mol. The summed E-state index contributed by atoms with van der Waals surface area (Å²) in [6.07, 6.45) is 0. The summed E-state index contributed by atoms with van der Waals surface area (Å²) in [5.41, 5.74) is 3.19. The molecule has 1 unspecified atom stereocenters. The third-order valence-electron chi connectivity index (χ3n) is 6.23. The van der Waals surface area contributed by atoms with Crippen molar-refractivity contribution in [3.8, 4) is 11.5 Å². The van der Waals surface area contributed by atoms with Gasteiger partial charge in [-0.05, 0) is 54.8 Å². The highest BCUT2D eigenvalue weighted by Crippen LogP contribution is 2.31. The van der Waals surface area contributed by atoms with Crippen LogP contribution in [0.25, 0.3) is 0 Å². The second-order valence-corrected chi connectivity index (χ2v) is 8.45. The van der Waals surface area contributed by atoms with Crippen LogP contribution in [-0.2, 0) is 17.9 Å². The van der Waals surface area contributed by atoms with E-state index in [-0.39, 0.29) is 17.8 Å². The molecule has 6 nitrogen and oxygen atoms in total. The number of halogens is 1. The van der Waals surface area contributed by atoms with Crippen LogP contribution < -0.4 is 9.47 Å². The standard InChI is InChI=1S/C25H34FN3O3/c1-18-13-23(31-4)24(32-5)15-21(18)17-28-9-11-29(12-10-28)19(2)25(30)27(3)16-20-7-6-8-22(26)14-20/h6-8,13-15,19H,9-12,16-17H2,1-5H3. The van der Waals surface area contributed by atoms with Gasteiger partial charge in [-0.25, -0.2) is 4.39 Å². The van der Waals surface area contributed by atoms with Gasteiger partial charge in [-0.15, -0.1) is 0 Å². The SMILES string of the molecule is COc1cc(C)c(CN2CCN(C(C)C(=O)N(C)Cc3cccc(F)c3)CC2)cc1OC. The lowest BCUT2D eigenvalue weighted by molar-refractivity contribution is -0.136. The van der Waals surface area contributed by atoms with Gasteiger partial charge in [-0.3, -0.25) is 14.6 Å². The molecule has 1 aliphatic heterocycles. The number of hydrogen-bond acceptors (Lipinski definition) is 5. The number of ether oxygens (including phenoxy) is 2. The van der Waals surface area contributed by atoms with Gasteiger partial charge in [0.25, 0.3) is 0 Å². The Morgan fingerprint density at radius 2 is 1.75 bits per heavy atom. The molecule has 1 heterocycles. The molecule has 0 aromatic heterocycles. The number of amides is 1. The van der Waals surface area contributed by atoms with E-state index in [1.54, 1.807) is 32.2 Å². The van der Waals surface area contributed by atoms with Crippen LogP contribution in [0, 0.1) is 12.7 Å². The predicted octanol–water partition coefficient (Wildman–Crippen LogP) is 3.32. The fourth-order valence-corrected chi connectivity index (χ4v) is 4.20. The van der Waals surface area contributed by atoms with Crippen molar-refractivity contribution in [3.63, 3.8) is 0 Å². The monoisotopic (exact) mass is 443 g/mol. The van der Waals surface area contributed by atoms with Crippen LogP contribution in [0.2, 0.25) is 0 Å². The number of carbonyl (C=O) groups excluding carboxylic acids is 1. The molecule has 2 aromatic rings. The molecule has 32 heavy (non-hydrogen) atoms. The molecule has 0 spiro atoms. The molecular weight excluding hydrogens is 409 g/mol. The maximum Gasteiger partial charge on any atom is 0.239 e. The van der Waals surface area contributed by atoms with Crippen molar-refractivity contribution in [1.82, 2.24) is 14.7 Å². The smallest absolute Gasteiger partial charge is 0.239 e. The van der Waals surface area contributed by atoms with Gasteiger partial charge in [0.2, 0.25) is 5.91 Å². The first-order valence-electron chi connectivity index (χ1n) is 11.0. The molecule has 2 aromatic carbocycles. The molecule has 0 N–H and O–H groups in total. The van der Waals surface area contributed by atoms with E-state index in [0.29, 0.717) is 6.54 Å². The second-order valence-electron chi connectivity index (χ2n) is 8.45. The van der Waals surface area contributed by atoms with E-state index in [0.717, 1.165) is 49.8 Å². The van der Waals surface area contributed by atoms with Gasteiger partial charge in [-0.1, -0.05) is 12.1 Å². The van der Waals surface area contributed by atoms with Crippen LogP contribution in [-0.4, -0.2) is 74.1 Å². The van der Waals surface area contributed by atoms with Crippen LogP contribution in [0.5, 0.6) is 11.5 Å². The summed E-state index contributed by atoms with van der Waals surface area (Å²) in [6.45, 7) is 8.71. The lowest BCUT2D eigenvalue weighted by Crippen LogP contribution is -2.53. The number of piperazine rings is 1. The number of likely N-dealkylation sites (N-methyl/N-ethyl adjacent to an activating group) is 1. The van der Waals surface area contributed by atoms with Gasteiger partial charge in [-0.2, -0.15) is 0 Å². The Bertz CT molecular complexity index is 929. The van der Waals surface area contributed by atoms with E-state index in [4.69, 9.17) is 9.47 Å². The molecule has 1 atom stereocenters. The number of hydrogen-bond donors (Lipinski definition) is 0. The number of nitrogens with zero attached hydrogens (tertiary/aromatic N) is 3. The molecule has 174 valence electrons. The fourth-order valence-electron chi connectivity index (χ4n) is 4.20. The normalized spacial score (nSPS) is 15.9.